The van der Waals surface area contributed by atoms with Gasteiger partial charge in [0.05, 0.1) is 6.04 Å². The van der Waals surface area contributed by atoms with Crippen LogP contribution in [-0.2, 0) is 4.79 Å². The molecule has 0 aromatic heterocycles. The van der Waals surface area contributed by atoms with E-state index in [1.807, 2.05) is 50.2 Å². The summed E-state index contributed by atoms with van der Waals surface area (Å²) in [6.45, 7) is 5.00. The lowest BCUT2D eigenvalue weighted by atomic mass is 10.1. The standard InChI is InChI=1S/C21H24N2O3/c1-15-7-3-4-10-19(15)26-14-16(2)22-21(25)17-8-5-9-18(13-17)23-12-6-11-20(23)24/h3-5,7-10,13,16H,6,11-12,14H2,1-2H3,(H,22,25). The number of hydrogen-bond acceptors (Lipinski definition) is 3. The SMILES string of the molecule is Cc1ccccc1OCC(C)NC(=O)c1cccc(N2CCCC2=O)c1. The van der Waals surface area contributed by atoms with Crippen molar-refractivity contribution in [1.82, 2.24) is 5.32 Å². The quantitative estimate of drug-likeness (QED) is 0.868. The molecule has 5 nitrogen and oxygen atoms in total. The Morgan fingerprint density at radius 2 is 2.04 bits per heavy atom. The van der Waals surface area contributed by atoms with E-state index in [9.17, 15) is 9.59 Å². The number of para-hydroxylation sites is 1. The average Bonchev–Trinajstić information content (AvgIpc) is 3.07. The van der Waals surface area contributed by atoms with E-state index >= 15 is 0 Å². The molecule has 2 aromatic carbocycles. The predicted octanol–water partition coefficient (Wildman–Crippen LogP) is 3.32. The van der Waals surface area contributed by atoms with E-state index in [-0.39, 0.29) is 17.9 Å². The molecule has 3 rings (SSSR count). The predicted molar refractivity (Wildman–Crippen MR) is 102 cm³/mol. The number of carbonyl (C=O) groups excluding carboxylic acids is 2. The summed E-state index contributed by atoms with van der Waals surface area (Å²) in [4.78, 5) is 26.1. The van der Waals surface area contributed by atoms with Crippen LogP contribution in [0, 0.1) is 6.92 Å². The molecule has 0 aliphatic carbocycles. The Bertz CT molecular complexity index is 803. The van der Waals surface area contributed by atoms with Crippen LogP contribution in [0.2, 0.25) is 0 Å². The molecule has 1 N–H and O–H groups in total. The number of aryl methyl sites for hydroxylation is 1. The van der Waals surface area contributed by atoms with Gasteiger partial charge in [0.2, 0.25) is 5.91 Å². The van der Waals surface area contributed by atoms with Crippen molar-refractivity contribution in [2.24, 2.45) is 0 Å². The fraction of sp³-hybridized carbons (Fsp3) is 0.333. The molecule has 5 heteroatoms. The molecule has 26 heavy (non-hydrogen) atoms. The van der Waals surface area contributed by atoms with Crippen molar-refractivity contribution < 1.29 is 14.3 Å². The summed E-state index contributed by atoms with van der Waals surface area (Å²) in [5, 5.41) is 2.95. The zero-order valence-corrected chi connectivity index (χ0v) is 15.2. The largest absolute Gasteiger partial charge is 0.491 e. The number of hydrogen-bond donors (Lipinski definition) is 1. The Morgan fingerprint density at radius 3 is 2.77 bits per heavy atom. The summed E-state index contributed by atoms with van der Waals surface area (Å²) in [6, 6.07) is 14.9. The molecule has 2 aromatic rings. The summed E-state index contributed by atoms with van der Waals surface area (Å²) in [5.41, 5.74) is 2.39. The maximum atomic E-state index is 12.5. The van der Waals surface area contributed by atoms with Crippen molar-refractivity contribution in [2.75, 3.05) is 18.1 Å². The van der Waals surface area contributed by atoms with Gasteiger partial charge in [-0.1, -0.05) is 24.3 Å². The first-order valence-corrected chi connectivity index (χ1v) is 8.94. The zero-order chi connectivity index (χ0) is 18.5. The van der Waals surface area contributed by atoms with Crippen LogP contribution in [0.15, 0.2) is 48.5 Å². The van der Waals surface area contributed by atoms with Crippen LogP contribution in [-0.4, -0.2) is 31.0 Å². The number of rotatable bonds is 6. The van der Waals surface area contributed by atoms with E-state index in [2.05, 4.69) is 5.32 Å². The molecule has 1 aliphatic rings. The molecule has 0 spiro atoms. The topological polar surface area (TPSA) is 58.6 Å². The van der Waals surface area contributed by atoms with Gasteiger partial charge in [0, 0.05) is 24.2 Å². The molecule has 0 saturated carbocycles. The van der Waals surface area contributed by atoms with Gasteiger partial charge in [-0.25, -0.2) is 0 Å². The third kappa shape index (κ3) is 4.23. The van der Waals surface area contributed by atoms with Gasteiger partial charge in [-0.3, -0.25) is 9.59 Å². The van der Waals surface area contributed by atoms with E-state index in [1.165, 1.54) is 0 Å². The van der Waals surface area contributed by atoms with Gasteiger partial charge in [-0.2, -0.15) is 0 Å². The van der Waals surface area contributed by atoms with Crippen molar-refractivity contribution >= 4 is 17.5 Å². The minimum atomic E-state index is -0.167. The van der Waals surface area contributed by atoms with Gasteiger partial charge < -0.3 is 15.0 Å². The van der Waals surface area contributed by atoms with Crippen LogP contribution in [0.5, 0.6) is 5.75 Å². The Kier molecular flexibility index (Phi) is 5.56. The number of ether oxygens (including phenoxy) is 1. The molecule has 2 amide bonds. The summed E-state index contributed by atoms with van der Waals surface area (Å²) in [7, 11) is 0. The summed E-state index contributed by atoms with van der Waals surface area (Å²) in [5.74, 6) is 0.769. The summed E-state index contributed by atoms with van der Waals surface area (Å²) >= 11 is 0. The minimum absolute atomic E-state index is 0.113. The molecule has 1 aliphatic heterocycles. The molecule has 1 unspecified atom stereocenters. The Labute approximate surface area is 154 Å². The normalized spacial score (nSPS) is 15.0. The second-order valence-electron chi connectivity index (χ2n) is 6.65. The lowest BCUT2D eigenvalue weighted by Crippen LogP contribution is -2.37. The molecule has 0 bridgehead atoms. The first-order chi connectivity index (χ1) is 12.5. The maximum absolute atomic E-state index is 12.5. The second-order valence-corrected chi connectivity index (χ2v) is 6.65. The van der Waals surface area contributed by atoms with Crippen molar-refractivity contribution in [3.63, 3.8) is 0 Å². The lowest BCUT2D eigenvalue weighted by Gasteiger charge is -2.18. The smallest absolute Gasteiger partial charge is 0.251 e. The number of amides is 2. The number of anilines is 1. The second kappa shape index (κ2) is 8.04. The van der Waals surface area contributed by atoms with Crippen LogP contribution < -0.4 is 15.0 Å². The van der Waals surface area contributed by atoms with Gasteiger partial charge >= 0.3 is 0 Å². The van der Waals surface area contributed by atoms with Crippen LogP contribution in [0.3, 0.4) is 0 Å². The first-order valence-electron chi connectivity index (χ1n) is 8.94. The van der Waals surface area contributed by atoms with E-state index in [4.69, 9.17) is 4.74 Å². The highest BCUT2D eigenvalue weighted by atomic mass is 16.5. The van der Waals surface area contributed by atoms with Gasteiger partial charge in [0.15, 0.2) is 0 Å². The molecule has 1 atom stereocenters. The highest BCUT2D eigenvalue weighted by molar-refractivity contribution is 5.99. The fourth-order valence-corrected chi connectivity index (χ4v) is 3.02. The minimum Gasteiger partial charge on any atom is -0.491 e. The van der Waals surface area contributed by atoms with Crippen LogP contribution >= 0.6 is 0 Å². The van der Waals surface area contributed by atoms with Gasteiger partial charge in [-0.15, -0.1) is 0 Å². The highest BCUT2D eigenvalue weighted by Crippen LogP contribution is 2.22. The van der Waals surface area contributed by atoms with Gasteiger partial charge in [-0.05, 0) is 50.1 Å². The van der Waals surface area contributed by atoms with E-state index < -0.39 is 0 Å². The van der Waals surface area contributed by atoms with Crippen molar-refractivity contribution in [1.29, 1.82) is 0 Å². The fourth-order valence-electron chi connectivity index (χ4n) is 3.02. The zero-order valence-electron chi connectivity index (χ0n) is 15.2. The van der Waals surface area contributed by atoms with Crippen molar-refractivity contribution in [3.8, 4) is 5.75 Å². The molecule has 1 fully saturated rings. The Hall–Kier alpha value is -2.82. The van der Waals surface area contributed by atoms with Crippen molar-refractivity contribution in [2.45, 2.75) is 32.7 Å². The summed E-state index contributed by atoms with van der Waals surface area (Å²) in [6.07, 6.45) is 1.44. The molecule has 1 heterocycles. The number of benzene rings is 2. The summed E-state index contributed by atoms with van der Waals surface area (Å²) < 4.78 is 5.79. The number of nitrogens with zero attached hydrogens (tertiary/aromatic N) is 1. The lowest BCUT2D eigenvalue weighted by molar-refractivity contribution is -0.117. The molecule has 136 valence electrons. The molecular weight excluding hydrogens is 328 g/mol. The third-order valence-electron chi connectivity index (χ3n) is 4.45. The van der Waals surface area contributed by atoms with Crippen molar-refractivity contribution in [3.05, 3.63) is 59.7 Å². The monoisotopic (exact) mass is 352 g/mol. The van der Waals surface area contributed by atoms with Crippen LogP contribution in [0.4, 0.5) is 5.69 Å². The third-order valence-corrected chi connectivity index (χ3v) is 4.45. The molecular formula is C21H24N2O3. The molecule has 0 radical (unpaired) electrons. The average molecular weight is 352 g/mol. The first kappa shape index (κ1) is 18.0. The Balaban J connectivity index is 1.59. The van der Waals surface area contributed by atoms with E-state index in [0.29, 0.717) is 25.1 Å². The highest BCUT2D eigenvalue weighted by Gasteiger charge is 2.22. The van der Waals surface area contributed by atoms with Crippen LogP contribution in [0.25, 0.3) is 0 Å². The van der Waals surface area contributed by atoms with E-state index in [0.717, 1.165) is 23.4 Å². The number of carbonyl (C=O) groups is 2. The van der Waals surface area contributed by atoms with E-state index in [1.54, 1.807) is 17.0 Å². The van der Waals surface area contributed by atoms with Gasteiger partial charge in [0.1, 0.15) is 12.4 Å². The maximum Gasteiger partial charge on any atom is 0.251 e. The van der Waals surface area contributed by atoms with Crippen LogP contribution in [0.1, 0.15) is 35.7 Å². The molecule has 1 saturated heterocycles. The Morgan fingerprint density at radius 1 is 1.23 bits per heavy atom. The van der Waals surface area contributed by atoms with Gasteiger partial charge in [0.25, 0.3) is 5.91 Å². The number of nitrogens with one attached hydrogen (secondary N) is 1.